The molecule has 0 saturated carbocycles. The zero-order valence-electron chi connectivity index (χ0n) is 17.1. The number of piperidine rings is 1. The lowest BCUT2D eigenvalue weighted by molar-refractivity contribution is -0.134. The lowest BCUT2D eigenvalue weighted by Gasteiger charge is -2.36. The van der Waals surface area contributed by atoms with E-state index in [-0.39, 0.29) is 42.2 Å². The summed E-state index contributed by atoms with van der Waals surface area (Å²) < 4.78 is 24.8. The number of rotatable bonds is 3. The molecule has 0 bridgehead atoms. The maximum absolute atomic E-state index is 13.5. The van der Waals surface area contributed by atoms with Crippen LogP contribution < -0.4 is 0 Å². The third-order valence-electron chi connectivity index (χ3n) is 6.22. The average molecular weight is 461 g/mol. The zero-order valence-corrected chi connectivity index (χ0v) is 18.7. The van der Waals surface area contributed by atoms with E-state index in [1.165, 1.54) is 5.01 Å². The molecule has 1 aromatic heterocycles. The Hall–Kier alpha value is -2.33. The molecule has 164 valence electrons. The van der Waals surface area contributed by atoms with Crippen molar-refractivity contribution in [3.63, 3.8) is 0 Å². The molecule has 2 atom stereocenters. The number of sulfone groups is 1. The predicted molar refractivity (Wildman–Crippen MR) is 118 cm³/mol. The number of likely N-dealkylation sites (tertiary alicyclic amines) is 1. The van der Waals surface area contributed by atoms with E-state index in [1.54, 1.807) is 11.3 Å². The van der Waals surface area contributed by atoms with Crippen LogP contribution in [0, 0.1) is 0 Å². The smallest absolute Gasteiger partial charge is 0.270 e. The molecule has 0 unspecified atom stereocenters. The van der Waals surface area contributed by atoms with E-state index in [4.69, 9.17) is 4.98 Å². The predicted octanol–water partition coefficient (Wildman–Crippen LogP) is 2.52. The quantitative estimate of drug-likeness (QED) is 0.701. The Labute approximate surface area is 184 Å². The van der Waals surface area contributed by atoms with E-state index in [9.17, 15) is 18.0 Å². The highest BCUT2D eigenvalue weighted by atomic mass is 32.2. The molecule has 0 spiro atoms. The molecule has 1 aromatic carbocycles. The topological polar surface area (TPSA) is 100 Å². The number of hydrogen-bond acceptors (Lipinski definition) is 7. The number of carbonyl (C=O) groups excluding carboxylic acids is 2. The first-order chi connectivity index (χ1) is 14.9. The number of thiazole rings is 1. The van der Waals surface area contributed by atoms with Crippen molar-refractivity contribution in [1.29, 1.82) is 0 Å². The van der Waals surface area contributed by atoms with Gasteiger partial charge < -0.3 is 4.90 Å². The van der Waals surface area contributed by atoms with Gasteiger partial charge in [0.25, 0.3) is 5.91 Å². The summed E-state index contributed by atoms with van der Waals surface area (Å²) in [6, 6.07) is 7.40. The maximum atomic E-state index is 13.5. The standard InChI is InChI=1S/C21H24N4O4S2/c26-19-9-8-16(23-25(19)14-10-12-31(28,29)13-14)21(27)24-11-4-3-6-17(24)20-22-15-5-1-2-7-18(15)30-20/h1-2,5,7,14,17H,3-4,6,8-13H2/t14-,17-/m1/s1. The fourth-order valence-corrected chi connectivity index (χ4v) is 7.42. The van der Waals surface area contributed by atoms with Gasteiger partial charge in [-0.1, -0.05) is 12.1 Å². The molecule has 31 heavy (non-hydrogen) atoms. The van der Waals surface area contributed by atoms with E-state index >= 15 is 0 Å². The van der Waals surface area contributed by atoms with Gasteiger partial charge in [0.2, 0.25) is 5.91 Å². The SMILES string of the molecule is O=C(C1=NN([C@@H]2CCS(=O)(=O)C2)C(=O)CC1)N1CCCC[C@@H]1c1nc2ccccc2s1. The van der Waals surface area contributed by atoms with Gasteiger partial charge in [0.15, 0.2) is 9.84 Å². The maximum Gasteiger partial charge on any atom is 0.270 e. The minimum absolute atomic E-state index is 0.0616. The summed E-state index contributed by atoms with van der Waals surface area (Å²) in [5.41, 5.74) is 1.28. The van der Waals surface area contributed by atoms with Crippen LogP contribution in [0.3, 0.4) is 0 Å². The largest absolute Gasteiger partial charge is 0.328 e. The summed E-state index contributed by atoms with van der Waals surface area (Å²) in [7, 11) is -3.15. The molecule has 2 saturated heterocycles. The molecule has 0 N–H and O–H groups in total. The number of hydrogen-bond donors (Lipinski definition) is 0. The number of aromatic nitrogens is 1. The average Bonchev–Trinajstić information content (AvgIpc) is 3.36. The number of nitrogens with zero attached hydrogens (tertiary/aromatic N) is 4. The van der Waals surface area contributed by atoms with Gasteiger partial charge in [-0.2, -0.15) is 5.10 Å². The fraction of sp³-hybridized carbons (Fsp3) is 0.524. The Morgan fingerprint density at radius 3 is 2.74 bits per heavy atom. The van der Waals surface area contributed by atoms with E-state index in [2.05, 4.69) is 5.10 Å². The van der Waals surface area contributed by atoms with Crippen LogP contribution in [0.5, 0.6) is 0 Å². The van der Waals surface area contributed by atoms with Crippen molar-refractivity contribution < 1.29 is 18.0 Å². The highest BCUT2D eigenvalue weighted by molar-refractivity contribution is 7.91. The van der Waals surface area contributed by atoms with Gasteiger partial charge in [-0.25, -0.2) is 18.4 Å². The first-order valence-corrected chi connectivity index (χ1v) is 13.3. The summed E-state index contributed by atoms with van der Waals surface area (Å²) in [5, 5.41) is 6.58. The van der Waals surface area contributed by atoms with E-state index in [1.807, 2.05) is 29.2 Å². The lowest BCUT2D eigenvalue weighted by atomic mass is 10.0. The molecule has 8 nitrogen and oxygen atoms in total. The summed E-state index contributed by atoms with van der Waals surface area (Å²) in [4.78, 5) is 32.5. The first kappa shape index (κ1) is 20.6. The summed E-state index contributed by atoms with van der Waals surface area (Å²) >= 11 is 1.62. The van der Waals surface area contributed by atoms with E-state index < -0.39 is 15.9 Å². The number of amides is 2. The van der Waals surface area contributed by atoms with Crippen LogP contribution in [0.2, 0.25) is 0 Å². The Balaban J connectivity index is 1.41. The summed E-state index contributed by atoms with van der Waals surface area (Å²) in [6.07, 6.45) is 3.64. The first-order valence-electron chi connectivity index (χ1n) is 10.7. The normalized spacial score (nSPS) is 26.3. The summed E-state index contributed by atoms with van der Waals surface area (Å²) in [6.45, 7) is 0.629. The zero-order chi connectivity index (χ0) is 21.6. The molecule has 2 aromatic rings. The molecule has 3 aliphatic heterocycles. The van der Waals surface area contributed by atoms with Crippen molar-refractivity contribution in [3.8, 4) is 0 Å². The van der Waals surface area contributed by atoms with Crippen molar-refractivity contribution in [1.82, 2.24) is 14.9 Å². The Morgan fingerprint density at radius 2 is 1.97 bits per heavy atom. The van der Waals surface area contributed by atoms with Crippen LogP contribution in [0.1, 0.15) is 49.6 Å². The monoisotopic (exact) mass is 460 g/mol. The molecule has 0 radical (unpaired) electrons. The van der Waals surface area contributed by atoms with Gasteiger partial charge in [0.05, 0.1) is 33.8 Å². The highest BCUT2D eigenvalue weighted by Crippen LogP contribution is 2.36. The van der Waals surface area contributed by atoms with Gasteiger partial charge >= 0.3 is 0 Å². The fourth-order valence-electron chi connectivity index (χ4n) is 4.61. The van der Waals surface area contributed by atoms with Crippen molar-refractivity contribution in [3.05, 3.63) is 29.3 Å². The van der Waals surface area contributed by atoms with Crippen LogP contribution in [0.25, 0.3) is 10.2 Å². The Bertz CT molecular complexity index is 1140. The minimum atomic E-state index is -3.15. The molecule has 10 heteroatoms. The lowest BCUT2D eigenvalue weighted by Crippen LogP contribution is -2.47. The van der Waals surface area contributed by atoms with E-state index in [0.717, 1.165) is 34.5 Å². The second kappa shape index (κ2) is 7.98. The van der Waals surface area contributed by atoms with Gasteiger partial charge in [0.1, 0.15) is 10.7 Å². The van der Waals surface area contributed by atoms with Gasteiger partial charge in [-0.05, 0) is 37.8 Å². The van der Waals surface area contributed by atoms with Crippen molar-refractivity contribution in [2.24, 2.45) is 5.10 Å². The molecule has 5 rings (SSSR count). The second-order valence-corrected chi connectivity index (χ2v) is 11.7. The minimum Gasteiger partial charge on any atom is -0.328 e. The number of para-hydroxylation sites is 1. The third-order valence-corrected chi connectivity index (χ3v) is 9.11. The number of fused-ring (bicyclic) bond motifs is 1. The molecular formula is C21H24N4O4S2. The molecular weight excluding hydrogens is 436 g/mol. The van der Waals surface area contributed by atoms with Crippen molar-refractivity contribution in [2.45, 2.75) is 50.6 Å². The Morgan fingerprint density at radius 1 is 1.13 bits per heavy atom. The number of hydrazone groups is 1. The van der Waals surface area contributed by atoms with Crippen LogP contribution in [0.4, 0.5) is 0 Å². The van der Waals surface area contributed by atoms with E-state index in [0.29, 0.717) is 18.7 Å². The van der Waals surface area contributed by atoms with Gasteiger partial charge in [-0.3, -0.25) is 9.59 Å². The van der Waals surface area contributed by atoms with Crippen LogP contribution >= 0.6 is 11.3 Å². The highest BCUT2D eigenvalue weighted by Gasteiger charge is 2.39. The van der Waals surface area contributed by atoms with Crippen LogP contribution in [-0.2, 0) is 19.4 Å². The second-order valence-electron chi connectivity index (χ2n) is 8.37. The molecule has 4 heterocycles. The van der Waals surface area contributed by atoms with Crippen molar-refractivity contribution >= 4 is 48.9 Å². The molecule has 2 fully saturated rings. The summed E-state index contributed by atoms with van der Waals surface area (Å²) in [5.74, 6) is -0.393. The van der Waals surface area contributed by atoms with Crippen molar-refractivity contribution in [2.75, 3.05) is 18.1 Å². The molecule has 3 aliphatic rings. The molecule has 0 aliphatic carbocycles. The van der Waals surface area contributed by atoms with Gasteiger partial charge in [0, 0.05) is 19.4 Å². The van der Waals surface area contributed by atoms with Crippen LogP contribution in [-0.4, -0.2) is 64.9 Å². The van der Waals surface area contributed by atoms with Gasteiger partial charge in [-0.15, -0.1) is 11.3 Å². The Kier molecular flexibility index (Phi) is 5.29. The number of benzene rings is 1. The van der Waals surface area contributed by atoms with Crippen LogP contribution in [0.15, 0.2) is 29.4 Å². The third kappa shape index (κ3) is 3.98. The molecule has 2 amide bonds. The number of carbonyl (C=O) groups is 2.